The standard InChI is InChI=1S/C17H18N4O/c1-3-21-15-10-5-4-8-13(15)20-16(21)12(2)19-17(22)14-9-6-7-11-18-14/h4-12H,3H2,1-2H3,(H,19,22). The smallest absolute Gasteiger partial charge is 0.270 e. The van der Waals surface area contributed by atoms with Gasteiger partial charge < -0.3 is 9.88 Å². The number of imidazole rings is 1. The number of rotatable bonds is 4. The minimum atomic E-state index is -0.193. The molecule has 1 N–H and O–H groups in total. The number of aromatic nitrogens is 3. The summed E-state index contributed by atoms with van der Waals surface area (Å²) < 4.78 is 2.12. The third-order valence-electron chi connectivity index (χ3n) is 3.63. The van der Waals surface area contributed by atoms with Crippen molar-refractivity contribution in [2.24, 2.45) is 0 Å². The predicted molar refractivity (Wildman–Crippen MR) is 85.5 cm³/mol. The Kier molecular flexibility index (Phi) is 3.87. The molecule has 5 nitrogen and oxygen atoms in total. The topological polar surface area (TPSA) is 59.8 Å². The van der Waals surface area contributed by atoms with E-state index in [4.69, 9.17) is 0 Å². The van der Waals surface area contributed by atoms with E-state index < -0.39 is 0 Å². The van der Waals surface area contributed by atoms with Crippen molar-refractivity contribution < 1.29 is 4.79 Å². The molecule has 5 heteroatoms. The molecule has 0 saturated heterocycles. The Morgan fingerprint density at radius 3 is 2.73 bits per heavy atom. The molecule has 1 atom stereocenters. The summed E-state index contributed by atoms with van der Waals surface area (Å²) in [6, 6.07) is 13.1. The van der Waals surface area contributed by atoms with Crippen LogP contribution in [-0.4, -0.2) is 20.4 Å². The van der Waals surface area contributed by atoms with Gasteiger partial charge in [0.15, 0.2) is 0 Å². The first-order valence-corrected chi connectivity index (χ1v) is 7.37. The van der Waals surface area contributed by atoms with E-state index in [1.165, 1.54) is 0 Å². The SMILES string of the molecule is CCn1c(C(C)NC(=O)c2ccccn2)nc2ccccc21. The van der Waals surface area contributed by atoms with Gasteiger partial charge in [-0.2, -0.15) is 0 Å². The number of fused-ring (bicyclic) bond motifs is 1. The van der Waals surface area contributed by atoms with Crippen LogP contribution in [0.2, 0.25) is 0 Å². The van der Waals surface area contributed by atoms with Gasteiger partial charge in [0.1, 0.15) is 11.5 Å². The molecule has 2 heterocycles. The van der Waals surface area contributed by atoms with Gasteiger partial charge in [0, 0.05) is 12.7 Å². The lowest BCUT2D eigenvalue weighted by Crippen LogP contribution is -2.29. The molecule has 0 aliphatic rings. The van der Waals surface area contributed by atoms with E-state index >= 15 is 0 Å². The molecular formula is C17H18N4O. The van der Waals surface area contributed by atoms with Gasteiger partial charge in [0.05, 0.1) is 17.1 Å². The van der Waals surface area contributed by atoms with Gasteiger partial charge in [-0.15, -0.1) is 0 Å². The monoisotopic (exact) mass is 294 g/mol. The molecule has 1 unspecified atom stereocenters. The highest BCUT2D eigenvalue weighted by atomic mass is 16.1. The van der Waals surface area contributed by atoms with Crippen LogP contribution in [0.15, 0.2) is 48.7 Å². The van der Waals surface area contributed by atoms with Crippen LogP contribution in [0.25, 0.3) is 11.0 Å². The summed E-state index contributed by atoms with van der Waals surface area (Å²) in [4.78, 5) is 21.0. The van der Waals surface area contributed by atoms with Gasteiger partial charge in [0.25, 0.3) is 5.91 Å². The second-order valence-electron chi connectivity index (χ2n) is 5.11. The third kappa shape index (κ3) is 2.57. The molecule has 1 amide bonds. The molecule has 0 bridgehead atoms. The van der Waals surface area contributed by atoms with Crippen molar-refractivity contribution >= 4 is 16.9 Å². The Balaban J connectivity index is 1.89. The maximum Gasteiger partial charge on any atom is 0.270 e. The first kappa shape index (κ1) is 14.3. The first-order valence-electron chi connectivity index (χ1n) is 7.37. The highest BCUT2D eigenvalue weighted by molar-refractivity contribution is 5.92. The molecule has 0 spiro atoms. The fourth-order valence-corrected chi connectivity index (χ4v) is 2.59. The maximum absolute atomic E-state index is 12.2. The molecule has 3 rings (SSSR count). The van der Waals surface area contributed by atoms with Gasteiger partial charge in [0.2, 0.25) is 0 Å². The zero-order chi connectivity index (χ0) is 15.5. The normalized spacial score (nSPS) is 12.3. The van der Waals surface area contributed by atoms with Crippen LogP contribution < -0.4 is 5.32 Å². The van der Waals surface area contributed by atoms with Gasteiger partial charge in [-0.3, -0.25) is 9.78 Å². The zero-order valence-electron chi connectivity index (χ0n) is 12.7. The van der Waals surface area contributed by atoms with Gasteiger partial charge in [-0.05, 0) is 38.1 Å². The predicted octanol–water partition coefficient (Wildman–Crippen LogP) is 2.94. The number of carbonyl (C=O) groups excluding carboxylic acids is 1. The van der Waals surface area contributed by atoms with E-state index in [1.807, 2.05) is 31.2 Å². The van der Waals surface area contributed by atoms with E-state index in [-0.39, 0.29) is 11.9 Å². The van der Waals surface area contributed by atoms with Crippen LogP contribution in [0.3, 0.4) is 0 Å². The van der Waals surface area contributed by atoms with Crippen LogP contribution in [0.5, 0.6) is 0 Å². The molecule has 22 heavy (non-hydrogen) atoms. The van der Waals surface area contributed by atoms with Crippen molar-refractivity contribution in [3.63, 3.8) is 0 Å². The summed E-state index contributed by atoms with van der Waals surface area (Å²) in [6.07, 6.45) is 1.61. The highest BCUT2D eigenvalue weighted by Crippen LogP contribution is 2.20. The van der Waals surface area contributed by atoms with Crippen LogP contribution in [0.4, 0.5) is 0 Å². The van der Waals surface area contributed by atoms with Gasteiger partial charge in [-0.1, -0.05) is 18.2 Å². The van der Waals surface area contributed by atoms with Crippen molar-refractivity contribution in [3.05, 3.63) is 60.2 Å². The minimum absolute atomic E-state index is 0.192. The van der Waals surface area contributed by atoms with E-state index in [1.54, 1.807) is 24.4 Å². The van der Waals surface area contributed by atoms with Gasteiger partial charge >= 0.3 is 0 Å². The summed E-state index contributed by atoms with van der Waals surface area (Å²) in [5, 5.41) is 2.96. The van der Waals surface area contributed by atoms with E-state index in [0.717, 1.165) is 23.4 Å². The summed E-state index contributed by atoms with van der Waals surface area (Å²) in [6.45, 7) is 4.82. The molecular weight excluding hydrogens is 276 g/mol. The third-order valence-corrected chi connectivity index (χ3v) is 3.63. The van der Waals surface area contributed by atoms with Crippen molar-refractivity contribution in [3.8, 4) is 0 Å². The molecule has 0 fully saturated rings. The van der Waals surface area contributed by atoms with Crippen LogP contribution in [0.1, 0.15) is 36.2 Å². The number of nitrogens with one attached hydrogen (secondary N) is 1. The maximum atomic E-state index is 12.2. The molecule has 1 aromatic carbocycles. The minimum Gasteiger partial charge on any atom is -0.341 e. The number of amides is 1. The second kappa shape index (κ2) is 5.97. The molecule has 3 aromatic rings. The van der Waals surface area contributed by atoms with Gasteiger partial charge in [-0.25, -0.2) is 4.98 Å². The van der Waals surface area contributed by atoms with Crippen molar-refractivity contribution in [2.45, 2.75) is 26.4 Å². The average molecular weight is 294 g/mol. The largest absolute Gasteiger partial charge is 0.341 e. The lowest BCUT2D eigenvalue weighted by atomic mass is 10.2. The summed E-state index contributed by atoms with van der Waals surface area (Å²) in [7, 11) is 0. The second-order valence-corrected chi connectivity index (χ2v) is 5.11. The molecule has 0 aliphatic carbocycles. The number of hydrogen-bond acceptors (Lipinski definition) is 3. The number of nitrogens with zero attached hydrogens (tertiary/aromatic N) is 3. The number of hydrogen-bond donors (Lipinski definition) is 1. The number of pyridine rings is 1. The Bertz CT molecular complexity index is 795. The van der Waals surface area contributed by atoms with Crippen molar-refractivity contribution in [1.82, 2.24) is 19.9 Å². The quantitative estimate of drug-likeness (QED) is 0.805. The lowest BCUT2D eigenvalue weighted by Gasteiger charge is -2.15. The molecule has 112 valence electrons. The molecule has 0 aliphatic heterocycles. The number of benzene rings is 1. The fourth-order valence-electron chi connectivity index (χ4n) is 2.59. The Morgan fingerprint density at radius 2 is 2.00 bits per heavy atom. The number of aryl methyl sites for hydroxylation is 1. The zero-order valence-corrected chi connectivity index (χ0v) is 12.7. The van der Waals surface area contributed by atoms with Crippen molar-refractivity contribution in [2.75, 3.05) is 0 Å². The molecule has 0 radical (unpaired) electrons. The number of carbonyl (C=O) groups is 1. The summed E-state index contributed by atoms with van der Waals surface area (Å²) >= 11 is 0. The van der Waals surface area contributed by atoms with E-state index in [0.29, 0.717) is 5.69 Å². The lowest BCUT2D eigenvalue weighted by molar-refractivity contribution is 0.0932. The number of para-hydroxylation sites is 2. The summed E-state index contributed by atoms with van der Waals surface area (Å²) in [5.41, 5.74) is 2.44. The van der Waals surface area contributed by atoms with Crippen LogP contribution >= 0.6 is 0 Å². The first-order chi connectivity index (χ1) is 10.7. The van der Waals surface area contributed by atoms with Crippen LogP contribution in [0, 0.1) is 0 Å². The van der Waals surface area contributed by atoms with Crippen LogP contribution in [-0.2, 0) is 6.54 Å². The Hall–Kier alpha value is -2.69. The van der Waals surface area contributed by atoms with Crippen molar-refractivity contribution in [1.29, 1.82) is 0 Å². The Morgan fingerprint density at radius 1 is 1.23 bits per heavy atom. The summed E-state index contributed by atoms with van der Waals surface area (Å²) in [5.74, 6) is 0.663. The highest BCUT2D eigenvalue weighted by Gasteiger charge is 2.18. The van der Waals surface area contributed by atoms with E-state index in [9.17, 15) is 4.79 Å². The molecule has 2 aromatic heterocycles. The Labute approximate surface area is 129 Å². The fraction of sp³-hybridized carbons (Fsp3) is 0.235. The average Bonchev–Trinajstić information content (AvgIpc) is 2.94. The van der Waals surface area contributed by atoms with E-state index in [2.05, 4.69) is 26.8 Å². The molecule has 0 saturated carbocycles.